The molecular weight excluding hydrogens is 717 g/mol. The number of hydrogen-bond acceptors (Lipinski definition) is 4. The molecule has 0 spiro atoms. The molecule has 0 aliphatic heterocycles. The van der Waals surface area contributed by atoms with Crippen molar-refractivity contribution in [1.82, 2.24) is 9.97 Å². The highest BCUT2D eigenvalue weighted by Gasteiger charge is 2.42. The van der Waals surface area contributed by atoms with Crippen LogP contribution in [-0.2, 0) is 0 Å². The SMILES string of the molecule is CCCCOc1cc(C#Cc2ncccc2C#C[Si](C(C)C)(C(C)C)C(C)C)c(C#Cc2ncccc2C#C[Si](C(C)C)(C(C)C)C(C)C)cc1OCCCC. The lowest BCUT2D eigenvalue weighted by Crippen LogP contribution is -2.43. The zero-order valence-corrected chi connectivity index (χ0v) is 39.0. The minimum absolute atomic E-state index is 0.530. The topological polar surface area (TPSA) is 44.2 Å². The molecule has 0 amide bonds. The highest BCUT2D eigenvalue weighted by atomic mass is 28.3. The molecule has 6 heteroatoms. The summed E-state index contributed by atoms with van der Waals surface area (Å²) >= 11 is 0. The molecule has 298 valence electrons. The van der Waals surface area contributed by atoms with E-state index in [2.05, 4.69) is 144 Å². The summed E-state index contributed by atoms with van der Waals surface area (Å²) in [6.45, 7) is 33.5. The molecular formula is C50H68N2O2Si2. The predicted octanol–water partition coefficient (Wildman–Crippen LogP) is 12.8. The molecule has 0 aliphatic rings. The maximum atomic E-state index is 6.33. The van der Waals surface area contributed by atoms with E-state index in [0.717, 1.165) is 47.9 Å². The van der Waals surface area contributed by atoms with Gasteiger partial charge in [-0.3, -0.25) is 0 Å². The van der Waals surface area contributed by atoms with Crippen molar-refractivity contribution >= 4 is 16.1 Å². The summed E-state index contributed by atoms with van der Waals surface area (Å²) in [6, 6.07) is 11.9. The summed E-state index contributed by atoms with van der Waals surface area (Å²) in [4.78, 5) is 9.43. The molecule has 2 aromatic heterocycles. The van der Waals surface area contributed by atoms with Gasteiger partial charge in [-0.05, 0) is 82.2 Å². The summed E-state index contributed by atoms with van der Waals surface area (Å²) in [5, 5.41) is 0. The standard InChI is InChI=1S/C50H68N2O2Si2/c1-15-17-31-53-49-35-45(23-25-47-43(21-19-29-51-47)27-33-55(37(3)4,38(5)6)39(7)8)46(36-50(49)54-32-18-16-2)24-26-48-44(22-20-30-52-48)28-34-56(40(9)10,41(11)12)42(13)14/h19-22,29-30,35-42H,15-18,31-32H2,1-14H3. The second-order valence-corrected chi connectivity index (χ2v) is 28.0. The smallest absolute Gasteiger partial charge is 0.162 e. The van der Waals surface area contributed by atoms with Crippen molar-refractivity contribution in [3.63, 3.8) is 0 Å². The van der Waals surface area contributed by atoms with Gasteiger partial charge >= 0.3 is 0 Å². The summed E-state index contributed by atoms with van der Waals surface area (Å²) in [6.07, 6.45) is 7.53. The Labute approximate surface area is 343 Å². The van der Waals surface area contributed by atoms with E-state index in [1.165, 1.54) is 0 Å². The van der Waals surface area contributed by atoms with Crippen molar-refractivity contribution in [2.24, 2.45) is 0 Å². The first-order chi connectivity index (χ1) is 26.6. The zero-order chi connectivity index (χ0) is 41.5. The molecule has 1 aromatic carbocycles. The average Bonchev–Trinajstić information content (AvgIpc) is 3.14. The van der Waals surface area contributed by atoms with E-state index in [0.29, 0.717) is 69.3 Å². The van der Waals surface area contributed by atoms with Gasteiger partial charge in [-0.1, -0.05) is 133 Å². The van der Waals surface area contributed by atoms with Gasteiger partial charge < -0.3 is 9.47 Å². The quantitative estimate of drug-likeness (QED) is 0.0928. The number of nitrogens with zero attached hydrogens (tertiary/aromatic N) is 2. The maximum absolute atomic E-state index is 6.33. The molecule has 0 saturated heterocycles. The highest BCUT2D eigenvalue weighted by molar-refractivity contribution is 6.91. The number of pyridine rings is 2. The molecule has 0 saturated carbocycles. The number of hydrogen-bond donors (Lipinski definition) is 0. The Morgan fingerprint density at radius 3 is 1.12 bits per heavy atom. The van der Waals surface area contributed by atoms with Gasteiger partial charge in [0.25, 0.3) is 0 Å². The van der Waals surface area contributed by atoms with Crippen LogP contribution >= 0.6 is 0 Å². The van der Waals surface area contributed by atoms with Crippen LogP contribution in [0.1, 0.15) is 156 Å². The second kappa shape index (κ2) is 21.9. The van der Waals surface area contributed by atoms with Crippen molar-refractivity contribution < 1.29 is 9.47 Å². The molecule has 0 radical (unpaired) electrons. The third-order valence-electron chi connectivity index (χ3n) is 11.4. The highest BCUT2D eigenvalue weighted by Crippen LogP contribution is 2.42. The van der Waals surface area contributed by atoms with E-state index in [-0.39, 0.29) is 0 Å². The number of benzene rings is 1. The van der Waals surface area contributed by atoms with Crippen LogP contribution in [0.25, 0.3) is 0 Å². The Morgan fingerprint density at radius 1 is 0.482 bits per heavy atom. The minimum atomic E-state index is -1.95. The maximum Gasteiger partial charge on any atom is 0.162 e. The Morgan fingerprint density at radius 2 is 0.821 bits per heavy atom. The molecule has 0 fully saturated rings. The van der Waals surface area contributed by atoms with Crippen LogP contribution < -0.4 is 9.47 Å². The largest absolute Gasteiger partial charge is 0.490 e. The van der Waals surface area contributed by atoms with E-state index in [4.69, 9.17) is 19.4 Å². The van der Waals surface area contributed by atoms with Crippen LogP contribution in [0.4, 0.5) is 0 Å². The normalized spacial score (nSPS) is 11.5. The van der Waals surface area contributed by atoms with Crippen molar-refractivity contribution in [1.29, 1.82) is 0 Å². The molecule has 0 unspecified atom stereocenters. The van der Waals surface area contributed by atoms with Gasteiger partial charge in [-0.15, -0.1) is 11.1 Å². The predicted molar refractivity (Wildman–Crippen MR) is 244 cm³/mol. The van der Waals surface area contributed by atoms with Gasteiger partial charge in [-0.2, -0.15) is 0 Å². The summed E-state index contributed by atoms with van der Waals surface area (Å²) in [5.74, 6) is 22.2. The molecule has 56 heavy (non-hydrogen) atoms. The molecule has 3 aromatic rings. The van der Waals surface area contributed by atoms with E-state index < -0.39 is 16.1 Å². The summed E-state index contributed by atoms with van der Waals surface area (Å²) in [5.41, 5.74) is 15.4. The lowest BCUT2D eigenvalue weighted by atomic mass is 10.1. The van der Waals surface area contributed by atoms with Crippen LogP contribution in [0.3, 0.4) is 0 Å². The molecule has 0 aliphatic carbocycles. The van der Waals surface area contributed by atoms with Crippen LogP contribution in [0, 0.1) is 46.6 Å². The first-order valence-electron chi connectivity index (χ1n) is 21.1. The number of aromatic nitrogens is 2. The molecule has 4 nitrogen and oxygen atoms in total. The van der Waals surface area contributed by atoms with E-state index >= 15 is 0 Å². The van der Waals surface area contributed by atoms with Gasteiger partial charge in [0, 0.05) is 35.7 Å². The van der Waals surface area contributed by atoms with E-state index in [9.17, 15) is 0 Å². The first-order valence-corrected chi connectivity index (χ1v) is 25.6. The van der Waals surface area contributed by atoms with Crippen molar-refractivity contribution in [3.05, 3.63) is 82.4 Å². The van der Waals surface area contributed by atoms with Crippen LogP contribution in [0.15, 0.2) is 48.8 Å². The third kappa shape index (κ3) is 11.4. The van der Waals surface area contributed by atoms with Crippen LogP contribution in [0.2, 0.25) is 33.2 Å². The van der Waals surface area contributed by atoms with Gasteiger partial charge in [0.1, 0.15) is 27.5 Å². The monoisotopic (exact) mass is 784 g/mol. The van der Waals surface area contributed by atoms with Crippen molar-refractivity contribution in [2.45, 2.75) is 156 Å². The number of unbranched alkanes of at least 4 members (excludes halogenated alkanes) is 2. The molecule has 3 rings (SSSR count). The van der Waals surface area contributed by atoms with Gasteiger partial charge in [0.15, 0.2) is 11.5 Å². The Kier molecular flexibility index (Phi) is 18.1. The lowest BCUT2D eigenvalue weighted by Gasteiger charge is -2.38. The van der Waals surface area contributed by atoms with Crippen molar-refractivity contribution in [2.75, 3.05) is 13.2 Å². The fourth-order valence-corrected chi connectivity index (χ4v) is 18.8. The van der Waals surface area contributed by atoms with Crippen LogP contribution in [-0.4, -0.2) is 39.3 Å². The fourth-order valence-electron chi connectivity index (χ4n) is 8.33. The molecule has 2 heterocycles. The molecule has 0 bridgehead atoms. The number of ether oxygens (including phenoxy) is 2. The van der Waals surface area contributed by atoms with Gasteiger partial charge in [0.05, 0.1) is 24.3 Å². The third-order valence-corrected chi connectivity index (χ3v) is 24.0. The van der Waals surface area contributed by atoms with E-state index in [1.54, 1.807) is 12.4 Å². The van der Waals surface area contributed by atoms with Gasteiger partial charge in [-0.25, -0.2) is 9.97 Å². The Bertz CT molecular complexity index is 1810. The van der Waals surface area contributed by atoms with E-state index in [1.807, 2.05) is 36.4 Å². The minimum Gasteiger partial charge on any atom is -0.490 e. The fraction of sp³-hybridized carbons (Fsp3) is 0.520. The Balaban J connectivity index is 2.28. The summed E-state index contributed by atoms with van der Waals surface area (Å²) in [7, 11) is -3.91. The molecule has 0 N–H and O–H groups in total. The first kappa shape index (κ1) is 46.2. The Hall–Kier alpha value is -4.21. The van der Waals surface area contributed by atoms with Gasteiger partial charge in [0.2, 0.25) is 0 Å². The van der Waals surface area contributed by atoms with Crippen molar-refractivity contribution in [3.8, 4) is 58.1 Å². The molecule has 0 atom stereocenters. The summed E-state index contributed by atoms with van der Waals surface area (Å²) < 4.78 is 12.7. The second-order valence-electron chi connectivity index (χ2n) is 16.8. The average molecular weight is 785 g/mol. The zero-order valence-electron chi connectivity index (χ0n) is 37.0. The van der Waals surface area contributed by atoms with Crippen LogP contribution in [0.5, 0.6) is 11.5 Å². The number of rotatable bonds is 14. The lowest BCUT2D eigenvalue weighted by molar-refractivity contribution is 0.262.